The molecular formula is C31H44O. The summed E-state index contributed by atoms with van der Waals surface area (Å²) in [5.41, 5.74) is 6.64. The predicted octanol–water partition coefficient (Wildman–Crippen LogP) is 7.89. The van der Waals surface area contributed by atoms with Crippen LogP contribution in [0.25, 0.3) is 6.08 Å². The van der Waals surface area contributed by atoms with Crippen LogP contribution in [0, 0.1) is 54.3 Å². The first kappa shape index (κ1) is 22.5. The molecule has 1 nitrogen and oxygen atoms in total. The number of allylic oxidation sites excluding steroid dienone is 2. The van der Waals surface area contributed by atoms with Gasteiger partial charge in [-0.05, 0) is 122 Å². The molecule has 0 spiro atoms. The summed E-state index contributed by atoms with van der Waals surface area (Å²) in [4.78, 5) is 0. The van der Waals surface area contributed by atoms with E-state index in [2.05, 4.69) is 71.0 Å². The summed E-state index contributed by atoms with van der Waals surface area (Å²) in [6.45, 7) is 12.2. The van der Waals surface area contributed by atoms with Gasteiger partial charge in [0, 0.05) is 0 Å². The summed E-state index contributed by atoms with van der Waals surface area (Å²) in [5, 5.41) is 10.3. The minimum atomic E-state index is -0.0971. The number of benzene rings is 1. The van der Waals surface area contributed by atoms with Gasteiger partial charge in [-0.1, -0.05) is 62.8 Å². The topological polar surface area (TPSA) is 20.2 Å². The molecule has 0 bridgehead atoms. The zero-order chi connectivity index (χ0) is 22.7. The number of hydrogen-bond acceptors (Lipinski definition) is 1. The number of hydrogen-bond donors (Lipinski definition) is 1. The van der Waals surface area contributed by atoms with E-state index < -0.39 is 0 Å². The van der Waals surface area contributed by atoms with Crippen molar-refractivity contribution in [1.29, 1.82) is 0 Å². The first-order valence-electron chi connectivity index (χ1n) is 13.4. The Kier molecular flexibility index (Phi) is 5.72. The molecule has 32 heavy (non-hydrogen) atoms. The third-order valence-corrected chi connectivity index (χ3v) is 10.9. The molecule has 0 saturated heterocycles. The molecule has 3 fully saturated rings. The molecular weight excluding hydrogens is 388 g/mol. The highest BCUT2D eigenvalue weighted by molar-refractivity contribution is 5.57. The van der Waals surface area contributed by atoms with Gasteiger partial charge >= 0.3 is 0 Å². The van der Waals surface area contributed by atoms with Crippen molar-refractivity contribution in [2.45, 2.75) is 92.1 Å². The third-order valence-electron chi connectivity index (χ3n) is 10.9. The van der Waals surface area contributed by atoms with E-state index in [-0.39, 0.29) is 6.10 Å². The summed E-state index contributed by atoms with van der Waals surface area (Å²) >= 11 is 0. The summed E-state index contributed by atoms with van der Waals surface area (Å²) in [7, 11) is 0. The fourth-order valence-electron chi connectivity index (χ4n) is 9.02. The Morgan fingerprint density at radius 3 is 2.50 bits per heavy atom. The fraction of sp³-hybridized carbons (Fsp3) is 0.677. The van der Waals surface area contributed by atoms with Crippen LogP contribution in [0.1, 0.15) is 88.8 Å². The second kappa shape index (κ2) is 8.15. The first-order valence-corrected chi connectivity index (χ1v) is 13.4. The lowest BCUT2D eigenvalue weighted by molar-refractivity contribution is -0.0540. The summed E-state index contributed by atoms with van der Waals surface area (Å²) in [5.74, 6) is 4.02. The Morgan fingerprint density at radius 1 is 1.00 bits per heavy atom. The highest BCUT2D eigenvalue weighted by atomic mass is 16.3. The Morgan fingerprint density at radius 2 is 1.75 bits per heavy atom. The Bertz CT molecular complexity index is 904. The number of aryl methyl sites for hydroxylation is 2. The van der Waals surface area contributed by atoms with Gasteiger partial charge in [0.05, 0.1) is 6.10 Å². The first-order chi connectivity index (χ1) is 15.2. The maximum atomic E-state index is 10.3. The molecule has 8 atom stereocenters. The number of aliphatic hydroxyl groups excluding tert-OH is 1. The summed E-state index contributed by atoms with van der Waals surface area (Å²) in [6.07, 6.45) is 17.4. The predicted molar refractivity (Wildman–Crippen MR) is 135 cm³/mol. The zero-order valence-electron chi connectivity index (χ0n) is 21.0. The lowest BCUT2D eigenvalue weighted by Gasteiger charge is -2.58. The van der Waals surface area contributed by atoms with E-state index in [0.29, 0.717) is 16.7 Å². The van der Waals surface area contributed by atoms with E-state index in [1.807, 2.05) is 0 Å². The fourth-order valence-corrected chi connectivity index (χ4v) is 9.02. The monoisotopic (exact) mass is 432 g/mol. The van der Waals surface area contributed by atoms with Crippen molar-refractivity contribution in [2.24, 2.45) is 40.4 Å². The molecule has 0 aromatic heterocycles. The van der Waals surface area contributed by atoms with Crippen molar-refractivity contribution in [3.63, 3.8) is 0 Å². The second-order valence-electron chi connectivity index (χ2n) is 12.4. The molecule has 3 saturated carbocycles. The second-order valence-corrected chi connectivity index (χ2v) is 12.4. The molecule has 1 heteroatoms. The van der Waals surface area contributed by atoms with Crippen LogP contribution < -0.4 is 0 Å². The van der Waals surface area contributed by atoms with Crippen molar-refractivity contribution in [3.8, 4) is 0 Å². The SMILES string of the molecule is Cc1cccc(C)c1/C=C/[C@@H](C)[C@H]1CC[C@H]2[C@@H]3CC=C4C[C@@H](O)CC[C@]4(C)[C@H]3CC[C@]12C. The van der Waals surface area contributed by atoms with Crippen LogP contribution in [0.5, 0.6) is 0 Å². The Hall–Kier alpha value is -1.34. The van der Waals surface area contributed by atoms with Gasteiger partial charge in [0.2, 0.25) is 0 Å². The van der Waals surface area contributed by atoms with Crippen molar-refractivity contribution in [1.82, 2.24) is 0 Å². The van der Waals surface area contributed by atoms with E-state index in [1.165, 1.54) is 55.2 Å². The van der Waals surface area contributed by atoms with Crippen LogP contribution in [0.2, 0.25) is 0 Å². The van der Waals surface area contributed by atoms with Crippen molar-refractivity contribution in [3.05, 3.63) is 52.6 Å². The van der Waals surface area contributed by atoms with E-state index in [4.69, 9.17) is 0 Å². The molecule has 4 aliphatic carbocycles. The lowest BCUT2D eigenvalue weighted by atomic mass is 9.47. The molecule has 0 unspecified atom stereocenters. The quantitative estimate of drug-likeness (QED) is 0.481. The molecule has 0 aliphatic heterocycles. The smallest absolute Gasteiger partial charge is 0.0577 e. The van der Waals surface area contributed by atoms with Crippen LogP contribution in [0.3, 0.4) is 0 Å². The molecule has 4 aliphatic rings. The summed E-state index contributed by atoms with van der Waals surface area (Å²) < 4.78 is 0. The maximum absolute atomic E-state index is 10.3. The van der Waals surface area contributed by atoms with Crippen LogP contribution >= 0.6 is 0 Å². The van der Waals surface area contributed by atoms with E-state index in [9.17, 15) is 5.11 Å². The van der Waals surface area contributed by atoms with Gasteiger partial charge in [0.15, 0.2) is 0 Å². The van der Waals surface area contributed by atoms with E-state index in [0.717, 1.165) is 36.5 Å². The third kappa shape index (κ3) is 3.46. The van der Waals surface area contributed by atoms with Gasteiger partial charge in [-0.15, -0.1) is 0 Å². The minimum absolute atomic E-state index is 0.0971. The van der Waals surface area contributed by atoms with Crippen LogP contribution in [0.15, 0.2) is 35.9 Å². The van der Waals surface area contributed by atoms with Crippen molar-refractivity contribution >= 4 is 6.08 Å². The van der Waals surface area contributed by atoms with E-state index >= 15 is 0 Å². The minimum Gasteiger partial charge on any atom is -0.393 e. The standard InChI is InChI=1S/C31H44O/c1-20-7-6-8-21(2)25(20)11-9-22(3)27-13-14-28-26-12-10-23-19-24(32)15-17-30(23,4)29(26)16-18-31(27,28)5/h6-11,22,24,26-29,32H,12-19H2,1-5H3/b11-9+/t22-,24+,26+,27-,28+,29+,30+,31-/m1/s1. The largest absolute Gasteiger partial charge is 0.393 e. The van der Waals surface area contributed by atoms with Gasteiger partial charge in [-0.2, -0.15) is 0 Å². The molecule has 1 aromatic rings. The molecule has 1 N–H and O–H groups in total. The average molecular weight is 433 g/mol. The molecule has 0 heterocycles. The van der Waals surface area contributed by atoms with E-state index in [1.54, 1.807) is 5.57 Å². The zero-order valence-corrected chi connectivity index (χ0v) is 21.0. The molecule has 1 aromatic carbocycles. The number of fused-ring (bicyclic) bond motifs is 5. The highest BCUT2D eigenvalue weighted by Gasteiger charge is 2.58. The van der Waals surface area contributed by atoms with Gasteiger partial charge in [-0.25, -0.2) is 0 Å². The van der Waals surface area contributed by atoms with Gasteiger partial charge in [-0.3, -0.25) is 0 Å². The van der Waals surface area contributed by atoms with Crippen molar-refractivity contribution in [2.75, 3.05) is 0 Å². The molecule has 0 amide bonds. The Labute approximate surface area is 196 Å². The molecule has 0 radical (unpaired) electrons. The van der Waals surface area contributed by atoms with Crippen LogP contribution in [-0.4, -0.2) is 11.2 Å². The van der Waals surface area contributed by atoms with Gasteiger partial charge in [0.25, 0.3) is 0 Å². The highest BCUT2D eigenvalue weighted by Crippen LogP contribution is 2.67. The Balaban J connectivity index is 1.36. The summed E-state index contributed by atoms with van der Waals surface area (Å²) in [6, 6.07) is 6.65. The van der Waals surface area contributed by atoms with Crippen molar-refractivity contribution < 1.29 is 5.11 Å². The van der Waals surface area contributed by atoms with Gasteiger partial charge in [0.1, 0.15) is 0 Å². The lowest BCUT2D eigenvalue weighted by Crippen LogP contribution is -2.50. The van der Waals surface area contributed by atoms with Crippen LogP contribution in [0.4, 0.5) is 0 Å². The number of rotatable bonds is 3. The van der Waals surface area contributed by atoms with Crippen LogP contribution in [-0.2, 0) is 0 Å². The molecule has 5 rings (SSSR count). The maximum Gasteiger partial charge on any atom is 0.0577 e. The number of aliphatic hydroxyl groups is 1. The average Bonchev–Trinajstić information content (AvgIpc) is 3.11. The normalized spacial score (nSPS) is 42.2. The molecule has 174 valence electrons. The van der Waals surface area contributed by atoms with Gasteiger partial charge < -0.3 is 5.11 Å².